The van der Waals surface area contributed by atoms with Gasteiger partial charge < -0.3 is 0 Å². The van der Waals surface area contributed by atoms with E-state index in [2.05, 4.69) is 0 Å². The highest BCUT2D eigenvalue weighted by Crippen LogP contribution is 2.32. The van der Waals surface area contributed by atoms with Crippen LogP contribution in [-0.2, 0) is 0 Å². The molecule has 0 radical (unpaired) electrons. The van der Waals surface area contributed by atoms with Gasteiger partial charge in [-0.05, 0) is 12.8 Å². The fourth-order valence-electron chi connectivity index (χ4n) is 0.619. The third-order valence-electron chi connectivity index (χ3n) is 1.15. The van der Waals surface area contributed by atoms with E-state index in [0.29, 0.717) is 24.6 Å². The van der Waals surface area contributed by atoms with Crippen molar-refractivity contribution < 1.29 is 0 Å². The Morgan fingerprint density at radius 1 is 1.18 bits per heavy atom. The van der Waals surface area contributed by atoms with E-state index in [9.17, 15) is 0 Å². The van der Waals surface area contributed by atoms with Crippen molar-refractivity contribution in [3.05, 3.63) is 0 Å². The lowest BCUT2D eigenvalue weighted by molar-refractivity contribution is 0.667. The van der Waals surface area contributed by atoms with Gasteiger partial charge in [0, 0.05) is 17.1 Å². The third kappa shape index (κ3) is 6.60. The van der Waals surface area contributed by atoms with Crippen LogP contribution in [0.1, 0.15) is 12.8 Å². The van der Waals surface area contributed by atoms with Crippen molar-refractivity contribution in [2.24, 2.45) is 0 Å². The molecule has 1 atom stereocenters. The monoisotopic (exact) mass is 256 g/mol. The highest BCUT2D eigenvalue weighted by atomic mass is 35.5. The molecule has 0 fully saturated rings. The Morgan fingerprint density at radius 2 is 1.73 bits per heavy atom. The summed E-state index contributed by atoms with van der Waals surface area (Å²) in [5.74, 6) is 0.782. The van der Waals surface area contributed by atoms with Crippen LogP contribution >= 0.6 is 58.0 Å². The van der Waals surface area contributed by atoms with E-state index in [1.54, 1.807) is 0 Å². The van der Waals surface area contributed by atoms with Gasteiger partial charge in [0.15, 0.2) is 0 Å². The standard InChI is InChI=1S/C6H9Cl5/c7-2-1-6(10,11)3-5(9)4-8/h5H,1-4H2. The number of halogens is 5. The predicted molar refractivity (Wildman–Crippen MR) is 54.8 cm³/mol. The highest BCUT2D eigenvalue weighted by Gasteiger charge is 2.26. The molecule has 68 valence electrons. The Labute approximate surface area is 92.1 Å². The molecule has 1 unspecified atom stereocenters. The van der Waals surface area contributed by atoms with E-state index in [1.807, 2.05) is 0 Å². The first kappa shape index (κ1) is 12.4. The Bertz CT molecular complexity index is 103. The minimum Gasteiger partial charge on any atom is -0.127 e. The molecule has 0 saturated carbocycles. The first-order valence-electron chi connectivity index (χ1n) is 3.15. The zero-order valence-electron chi connectivity index (χ0n) is 5.80. The van der Waals surface area contributed by atoms with Crippen LogP contribution in [0.25, 0.3) is 0 Å². The normalized spacial score (nSPS) is 15.0. The number of hydrogen-bond donors (Lipinski definition) is 0. The summed E-state index contributed by atoms with van der Waals surface area (Å²) in [4.78, 5) is 0. The van der Waals surface area contributed by atoms with Crippen LogP contribution in [-0.4, -0.2) is 21.5 Å². The second-order valence-electron chi connectivity index (χ2n) is 2.25. The summed E-state index contributed by atoms with van der Waals surface area (Å²) in [5.41, 5.74) is 0. The summed E-state index contributed by atoms with van der Waals surface area (Å²) in [6.07, 6.45) is 0.992. The summed E-state index contributed by atoms with van der Waals surface area (Å²) >= 11 is 28.4. The molecule has 0 rings (SSSR count). The van der Waals surface area contributed by atoms with Gasteiger partial charge in [-0.15, -0.1) is 58.0 Å². The van der Waals surface area contributed by atoms with Crippen molar-refractivity contribution >= 4 is 58.0 Å². The lowest BCUT2D eigenvalue weighted by Gasteiger charge is -2.19. The Hall–Kier alpha value is 1.45. The maximum absolute atomic E-state index is 5.85. The fraction of sp³-hybridized carbons (Fsp3) is 1.00. The fourth-order valence-corrected chi connectivity index (χ4v) is 2.23. The molecule has 11 heavy (non-hydrogen) atoms. The van der Waals surface area contributed by atoms with Crippen LogP contribution in [0.3, 0.4) is 0 Å². The van der Waals surface area contributed by atoms with Gasteiger partial charge in [0.2, 0.25) is 0 Å². The first-order valence-corrected chi connectivity index (χ1v) is 5.42. The van der Waals surface area contributed by atoms with E-state index in [4.69, 9.17) is 58.0 Å². The molecule has 0 aromatic carbocycles. The molecule has 0 aliphatic rings. The lowest BCUT2D eigenvalue weighted by Crippen LogP contribution is -2.20. The average Bonchev–Trinajstić information content (AvgIpc) is 1.86. The van der Waals surface area contributed by atoms with Crippen molar-refractivity contribution in [1.29, 1.82) is 0 Å². The van der Waals surface area contributed by atoms with Crippen molar-refractivity contribution in [2.45, 2.75) is 22.6 Å². The van der Waals surface area contributed by atoms with Crippen LogP contribution in [0, 0.1) is 0 Å². The Kier molecular flexibility index (Phi) is 6.78. The zero-order valence-corrected chi connectivity index (χ0v) is 9.58. The Balaban J connectivity index is 3.70. The maximum Gasteiger partial charge on any atom is 0.120 e. The molecule has 0 aromatic heterocycles. The molecular formula is C6H9Cl5. The summed E-state index contributed by atoms with van der Waals surface area (Å²) in [6.45, 7) is 0. The van der Waals surface area contributed by atoms with Crippen molar-refractivity contribution in [3.8, 4) is 0 Å². The van der Waals surface area contributed by atoms with Gasteiger partial charge in [-0.25, -0.2) is 0 Å². The molecule has 0 spiro atoms. The van der Waals surface area contributed by atoms with E-state index in [1.165, 1.54) is 0 Å². The van der Waals surface area contributed by atoms with Gasteiger partial charge in [-0.1, -0.05) is 0 Å². The molecule has 0 bridgehead atoms. The molecule has 0 nitrogen and oxygen atoms in total. The van der Waals surface area contributed by atoms with Crippen molar-refractivity contribution in [3.63, 3.8) is 0 Å². The third-order valence-corrected chi connectivity index (χ3v) is 2.86. The Morgan fingerprint density at radius 3 is 2.09 bits per heavy atom. The molecular weight excluding hydrogens is 249 g/mol. The van der Waals surface area contributed by atoms with Gasteiger partial charge in [-0.3, -0.25) is 0 Å². The molecule has 0 saturated heterocycles. The largest absolute Gasteiger partial charge is 0.127 e. The second-order valence-corrected chi connectivity index (χ2v) is 5.19. The minimum absolute atomic E-state index is 0.185. The van der Waals surface area contributed by atoms with Crippen LogP contribution in [0.15, 0.2) is 0 Å². The minimum atomic E-state index is -0.830. The van der Waals surface area contributed by atoms with Crippen molar-refractivity contribution in [2.75, 3.05) is 11.8 Å². The van der Waals surface area contributed by atoms with Crippen LogP contribution in [0.4, 0.5) is 0 Å². The lowest BCUT2D eigenvalue weighted by atomic mass is 10.2. The number of alkyl halides is 5. The molecule has 5 heteroatoms. The van der Waals surface area contributed by atoms with Crippen molar-refractivity contribution in [1.82, 2.24) is 0 Å². The van der Waals surface area contributed by atoms with E-state index < -0.39 is 4.33 Å². The van der Waals surface area contributed by atoms with Gasteiger partial charge in [0.05, 0.1) is 0 Å². The number of rotatable bonds is 5. The van der Waals surface area contributed by atoms with Gasteiger partial charge in [0.25, 0.3) is 0 Å². The zero-order chi connectivity index (χ0) is 8.91. The van der Waals surface area contributed by atoms with E-state index in [-0.39, 0.29) is 5.38 Å². The van der Waals surface area contributed by atoms with Gasteiger partial charge in [-0.2, -0.15) is 0 Å². The summed E-state index contributed by atoms with van der Waals surface area (Å²) in [7, 11) is 0. The first-order chi connectivity index (χ1) is 5.02. The molecule has 0 amide bonds. The molecule has 0 heterocycles. The highest BCUT2D eigenvalue weighted by molar-refractivity contribution is 6.49. The van der Waals surface area contributed by atoms with E-state index >= 15 is 0 Å². The van der Waals surface area contributed by atoms with Crippen LogP contribution in [0.5, 0.6) is 0 Å². The summed E-state index contributed by atoms with van der Waals surface area (Å²) in [5, 5.41) is -0.185. The van der Waals surface area contributed by atoms with Crippen LogP contribution < -0.4 is 0 Å². The predicted octanol–water partition coefficient (Wildman–Crippen LogP) is 4.03. The SMILES string of the molecule is ClCCC(Cl)(Cl)CC(Cl)CCl. The van der Waals surface area contributed by atoms with Gasteiger partial charge >= 0.3 is 0 Å². The van der Waals surface area contributed by atoms with Crippen LogP contribution in [0.2, 0.25) is 0 Å². The van der Waals surface area contributed by atoms with E-state index in [0.717, 1.165) is 0 Å². The maximum atomic E-state index is 5.85. The molecule has 0 aliphatic heterocycles. The average molecular weight is 258 g/mol. The smallest absolute Gasteiger partial charge is 0.120 e. The molecule has 0 aliphatic carbocycles. The molecule has 0 aromatic rings. The topological polar surface area (TPSA) is 0 Å². The molecule has 0 N–H and O–H groups in total. The quantitative estimate of drug-likeness (QED) is 0.653. The number of hydrogen-bond acceptors (Lipinski definition) is 0. The second kappa shape index (κ2) is 5.99. The summed E-state index contributed by atoms with van der Waals surface area (Å²) < 4.78 is -0.830. The van der Waals surface area contributed by atoms with Gasteiger partial charge in [0.1, 0.15) is 4.33 Å². The summed E-state index contributed by atoms with van der Waals surface area (Å²) in [6, 6.07) is 0.